The van der Waals surface area contributed by atoms with Gasteiger partial charge in [-0.25, -0.2) is 4.39 Å². The third kappa shape index (κ3) is 3.16. The molecule has 0 bridgehead atoms. The number of thiocarbonyl (C=S) groups is 1. The molecule has 5 heteroatoms. The van der Waals surface area contributed by atoms with E-state index in [1.807, 2.05) is 18.2 Å². The molecule has 0 aliphatic heterocycles. The highest BCUT2D eigenvalue weighted by atomic mass is 79.9. The second-order valence-electron chi connectivity index (χ2n) is 4.31. The number of hydrogen-bond acceptors (Lipinski definition) is 2. The van der Waals surface area contributed by atoms with E-state index in [1.165, 1.54) is 6.07 Å². The SMILES string of the molecule is CCc1cc(Br)ccc1Nc1cccc(F)c1C(N)=S. The van der Waals surface area contributed by atoms with Crippen molar-refractivity contribution in [2.75, 3.05) is 5.32 Å². The number of nitrogens with two attached hydrogens (primary N) is 1. The van der Waals surface area contributed by atoms with Crippen LogP contribution in [0.15, 0.2) is 40.9 Å². The van der Waals surface area contributed by atoms with Gasteiger partial charge in [0.1, 0.15) is 10.8 Å². The van der Waals surface area contributed by atoms with Gasteiger partial charge in [0.2, 0.25) is 0 Å². The highest BCUT2D eigenvalue weighted by molar-refractivity contribution is 9.10. The van der Waals surface area contributed by atoms with Crippen molar-refractivity contribution >= 4 is 44.5 Å². The fourth-order valence-corrected chi connectivity index (χ4v) is 2.62. The number of aryl methyl sites for hydroxylation is 1. The van der Waals surface area contributed by atoms with Crippen LogP contribution in [-0.4, -0.2) is 4.99 Å². The van der Waals surface area contributed by atoms with Crippen molar-refractivity contribution in [1.29, 1.82) is 0 Å². The lowest BCUT2D eigenvalue weighted by Gasteiger charge is -2.15. The Morgan fingerprint density at radius 1 is 1.30 bits per heavy atom. The van der Waals surface area contributed by atoms with Crippen LogP contribution in [0.2, 0.25) is 0 Å². The Balaban J connectivity index is 2.45. The predicted molar refractivity (Wildman–Crippen MR) is 89.1 cm³/mol. The fourth-order valence-electron chi connectivity index (χ4n) is 2.00. The van der Waals surface area contributed by atoms with Crippen LogP contribution in [0.3, 0.4) is 0 Å². The van der Waals surface area contributed by atoms with Crippen molar-refractivity contribution in [1.82, 2.24) is 0 Å². The van der Waals surface area contributed by atoms with Gasteiger partial charge in [-0.2, -0.15) is 0 Å². The predicted octanol–water partition coefficient (Wildman–Crippen LogP) is 4.53. The van der Waals surface area contributed by atoms with Crippen molar-refractivity contribution in [3.05, 3.63) is 57.8 Å². The van der Waals surface area contributed by atoms with Crippen molar-refractivity contribution in [3.8, 4) is 0 Å². The molecule has 0 heterocycles. The molecule has 0 fully saturated rings. The van der Waals surface area contributed by atoms with E-state index in [2.05, 4.69) is 28.2 Å². The van der Waals surface area contributed by atoms with E-state index in [4.69, 9.17) is 18.0 Å². The first kappa shape index (κ1) is 14.9. The maximum absolute atomic E-state index is 13.8. The molecular formula is C15H14BrFN2S. The van der Waals surface area contributed by atoms with E-state index in [0.717, 1.165) is 22.1 Å². The summed E-state index contributed by atoms with van der Waals surface area (Å²) >= 11 is 8.37. The lowest BCUT2D eigenvalue weighted by molar-refractivity contribution is 0.626. The van der Waals surface area contributed by atoms with E-state index in [1.54, 1.807) is 12.1 Å². The largest absolute Gasteiger partial charge is 0.389 e. The first-order valence-corrected chi connectivity index (χ1v) is 7.36. The smallest absolute Gasteiger partial charge is 0.135 e. The maximum atomic E-state index is 13.8. The molecule has 0 saturated heterocycles. The molecule has 0 amide bonds. The van der Waals surface area contributed by atoms with E-state index in [0.29, 0.717) is 5.69 Å². The van der Waals surface area contributed by atoms with Gasteiger partial charge in [0.15, 0.2) is 0 Å². The van der Waals surface area contributed by atoms with Gasteiger partial charge in [0.05, 0.1) is 11.3 Å². The molecule has 3 N–H and O–H groups in total. The molecule has 0 aliphatic carbocycles. The minimum absolute atomic E-state index is 0.0424. The summed E-state index contributed by atoms with van der Waals surface area (Å²) in [4.78, 5) is 0.0424. The van der Waals surface area contributed by atoms with Crippen LogP contribution in [0.5, 0.6) is 0 Å². The first-order valence-electron chi connectivity index (χ1n) is 6.16. The summed E-state index contributed by atoms with van der Waals surface area (Å²) in [6.07, 6.45) is 0.861. The molecule has 104 valence electrons. The summed E-state index contributed by atoms with van der Waals surface area (Å²) in [7, 11) is 0. The first-order chi connectivity index (χ1) is 9.52. The minimum atomic E-state index is -0.419. The zero-order chi connectivity index (χ0) is 14.7. The number of benzene rings is 2. The van der Waals surface area contributed by atoms with E-state index < -0.39 is 5.82 Å². The Bertz CT molecular complexity index is 658. The topological polar surface area (TPSA) is 38.0 Å². The lowest BCUT2D eigenvalue weighted by atomic mass is 10.1. The summed E-state index contributed by atoms with van der Waals surface area (Å²) in [6, 6.07) is 10.6. The monoisotopic (exact) mass is 352 g/mol. The molecule has 0 unspecified atom stereocenters. The van der Waals surface area contributed by atoms with Crippen molar-refractivity contribution in [3.63, 3.8) is 0 Å². The van der Waals surface area contributed by atoms with Crippen molar-refractivity contribution in [2.45, 2.75) is 13.3 Å². The third-order valence-electron chi connectivity index (χ3n) is 2.98. The molecule has 2 nitrogen and oxygen atoms in total. The Hall–Kier alpha value is -1.46. The standard InChI is InChI=1S/C15H14BrFN2S/c1-2-9-8-10(16)6-7-12(9)19-13-5-3-4-11(17)14(13)15(18)20/h3-8,19H,2H2,1H3,(H2,18,20). The number of hydrogen-bond donors (Lipinski definition) is 2. The average molecular weight is 353 g/mol. The van der Waals surface area contributed by atoms with Gasteiger partial charge in [-0.05, 0) is 42.3 Å². The van der Waals surface area contributed by atoms with E-state index in [-0.39, 0.29) is 10.6 Å². The number of halogens is 2. The van der Waals surface area contributed by atoms with Crippen LogP contribution < -0.4 is 11.1 Å². The number of nitrogens with one attached hydrogen (secondary N) is 1. The molecule has 0 saturated carbocycles. The Labute approximate surface area is 131 Å². The quantitative estimate of drug-likeness (QED) is 0.794. The Kier molecular flexibility index (Phi) is 4.73. The van der Waals surface area contributed by atoms with Crippen LogP contribution in [0.4, 0.5) is 15.8 Å². The Morgan fingerprint density at radius 3 is 2.70 bits per heavy atom. The van der Waals surface area contributed by atoms with Crippen molar-refractivity contribution < 1.29 is 4.39 Å². The van der Waals surface area contributed by atoms with Gasteiger partial charge in [-0.1, -0.05) is 41.1 Å². The molecule has 0 aliphatic rings. The third-order valence-corrected chi connectivity index (χ3v) is 3.67. The molecule has 2 aromatic rings. The van der Waals surface area contributed by atoms with Gasteiger partial charge in [-0.3, -0.25) is 0 Å². The summed E-state index contributed by atoms with van der Waals surface area (Å²) in [5, 5.41) is 3.21. The number of anilines is 2. The normalized spacial score (nSPS) is 10.3. The molecule has 0 radical (unpaired) electrons. The van der Waals surface area contributed by atoms with Gasteiger partial charge in [-0.15, -0.1) is 0 Å². The van der Waals surface area contributed by atoms with E-state index >= 15 is 0 Å². The number of rotatable bonds is 4. The summed E-state index contributed by atoms with van der Waals surface area (Å²) in [6.45, 7) is 2.06. The maximum Gasteiger partial charge on any atom is 0.135 e. The fraction of sp³-hybridized carbons (Fsp3) is 0.133. The molecule has 20 heavy (non-hydrogen) atoms. The summed E-state index contributed by atoms with van der Waals surface area (Å²) in [5.74, 6) is -0.419. The van der Waals surface area contributed by atoms with Crippen LogP contribution in [0, 0.1) is 5.82 Å². The van der Waals surface area contributed by atoms with Crippen molar-refractivity contribution in [2.24, 2.45) is 5.73 Å². The second kappa shape index (κ2) is 6.33. The van der Waals surface area contributed by atoms with Gasteiger partial charge in [0.25, 0.3) is 0 Å². The lowest BCUT2D eigenvalue weighted by Crippen LogP contribution is -2.14. The van der Waals surface area contributed by atoms with Crippen LogP contribution >= 0.6 is 28.1 Å². The zero-order valence-electron chi connectivity index (χ0n) is 10.9. The Morgan fingerprint density at radius 2 is 2.05 bits per heavy atom. The van der Waals surface area contributed by atoms with Crippen LogP contribution in [-0.2, 0) is 6.42 Å². The zero-order valence-corrected chi connectivity index (χ0v) is 13.3. The second-order valence-corrected chi connectivity index (χ2v) is 5.66. The van der Waals surface area contributed by atoms with E-state index in [9.17, 15) is 4.39 Å². The molecule has 0 aromatic heterocycles. The minimum Gasteiger partial charge on any atom is -0.389 e. The molecule has 2 aromatic carbocycles. The van der Waals surface area contributed by atoms with Crippen LogP contribution in [0.1, 0.15) is 18.1 Å². The van der Waals surface area contributed by atoms with Gasteiger partial charge < -0.3 is 11.1 Å². The molecule has 0 atom stereocenters. The summed E-state index contributed by atoms with van der Waals surface area (Å²) < 4.78 is 14.8. The summed E-state index contributed by atoms with van der Waals surface area (Å²) in [5.41, 5.74) is 8.47. The molecule has 0 spiro atoms. The highest BCUT2D eigenvalue weighted by Gasteiger charge is 2.12. The average Bonchev–Trinajstić information content (AvgIpc) is 2.40. The van der Waals surface area contributed by atoms with Gasteiger partial charge in [0, 0.05) is 10.2 Å². The molecular weight excluding hydrogens is 339 g/mol. The van der Waals surface area contributed by atoms with Gasteiger partial charge >= 0.3 is 0 Å². The highest BCUT2D eigenvalue weighted by Crippen LogP contribution is 2.28. The molecule has 2 rings (SSSR count). The van der Waals surface area contributed by atoms with Crippen LogP contribution in [0.25, 0.3) is 0 Å².